The van der Waals surface area contributed by atoms with Crippen molar-refractivity contribution in [3.8, 4) is 0 Å². The number of fused-ring (bicyclic) bond motifs is 1. The molecule has 0 aliphatic carbocycles. The molecular formula is C24H29N3O3S. The van der Waals surface area contributed by atoms with Crippen LogP contribution in [-0.2, 0) is 14.8 Å². The van der Waals surface area contributed by atoms with Gasteiger partial charge in [-0.15, -0.1) is 0 Å². The highest BCUT2D eigenvalue weighted by Crippen LogP contribution is 2.31. The van der Waals surface area contributed by atoms with Gasteiger partial charge < -0.3 is 10.3 Å². The third-order valence-corrected chi connectivity index (χ3v) is 8.08. The Hall–Kier alpha value is -2.64. The zero-order valence-electron chi connectivity index (χ0n) is 17.8. The van der Waals surface area contributed by atoms with Crippen LogP contribution in [0.2, 0.25) is 0 Å². The Labute approximate surface area is 183 Å². The average Bonchev–Trinajstić information content (AvgIpc) is 3.43. The lowest BCUT2D eigenvalue weighted by Gasteiger charge is -2.25. The van der Waals surface area contributed by atoms with Gasteiger partial charge in [-0.2, -0.15) is 4.31 Å². The lowest BCUT2D eigenvalue weighted by molar-refractivity contribution is -0.124. The van der Waals surface area contributed by atoms with E-state index in [4.69, 9.17) is 0 Å². The van der Waals surface area contributed by atoms with Crippen molar-refractivity contribution in [2.45, 2.75) is 38.1 Å². The number of nitrogens with one attached hydrogen (secondary N) is 2. The molecule has 2 N–H and O–H groups in total. The van der Waals surface area contributed by atoms with Gasteiger partial charge in [0.15, 0.2) is 0 Å². The number of amides is 1. The zero-order valence-corrected chi connectivity index (χ0v) is 18.6. The topological polar surface area (TPSA) is 82.3 Å². The lowest BCUT2D eigenvalue weighted by Crippen LogP contribution is -2.47. The molecule has 1 aromatic heterocycles. The summed E-state index contributed by atoms with van der Waals surface area (Å²) in [6, 6.07) is 17.6. The fourth-order valence-electron chi connectivity index (χ4n) is 4.51. The highest BCUT2D eigenvalue weighted by atomic mass is 32.2. The molecule has 0 spiro atoms. The second kappa shape index (κ2) is 9.24. The molecule has 1 aliphatic rings. The van der Waals surface area contributed by atoms with Gasteiger partial charge in [-0.25, -0.2) is 8.42 Å². The fraction of sp³-hybridized carbons (Fsp3) is 0.375. The molecule has 0 radical (unpaired) electrons. The predicted octanol–water partition coefficient (Wildman–Crippen LogP) is 3.62. The number of para-hydroxylation sites is 1. The first-order valence-electron chi connectivity index (χ1n) is 10.9. The maximum absolute atomic E-state index is 13.1. The molecule has 7 heteroatoms. The van der Waals surface area contributed by atoms with Crippen molar-refractivity contribution in [2.75, 3.05) is 18.8 Å². The number of rotatable bonds is 8. The van der Waals surface area contributed by atoms with Gasteiger partial charge >= 0.3 is 0 Å². The van der Waals surface area contributed by atoms with Crippen LogP contribution in [0.1, 0.15) is 43.2 Å². The van der Waals surface area contributed by atoms with Crippen molar-refractivity contribution in [3.05, 3.63) is 71.9 Å². The molecule has 6 nitrogen and oxygen atoms in total. The molecule has 1 amide bonds. The third-order valence-electron chi connectivity index (χ3n) is 6.00. The minimum Gasteiger partial charge on any atom is -0.361 e. The van der Waals surface area contributed by atoms with Crippen molar-refractivity contribution in [3.63, 3.8) is 0 Å². The summed E-state index contributed by atoms with van der Waals surface area (Å²) in [6.07, 6.45) is 3.83. The molecule has 2 atom stereocenters. The summed E-state index contributed by atoms with van der Waals surface area (Å²) in [5.74, 6) is -0.167. The van der Waals surface area contributed by atoms with E-state index in [2.05, 4.69) is 28.5 Å². The molecule has 3 aromatic rings. The molecule has 0 unspecified atom stereocenters. The van der Waals surface area contributed by atoms with Crippen LogP contribution in [0.15, 0.2) is 60.8 Å². The van der Waals surface area contributed by atoms with E-state index in [0.717, 1.165) is 22.0 Å². The van der Waals surface area contributed by atoms with Crippen LogP contribution < -0.4 is 5.32 Å². The second-order valence-electron chi connectivity index (χ2n) is 8.08. The number of carbonyl (C=O) groups is 1. The first-order chi connectivity index (χ1) is 15.0. The molecule has 164 valence electrons. The molecule has 2 aromatic carbocycles. The lowest BCUT2D eigenvalue weighted by atomic mass is 9.91. The number of hydrogen-bond donors (Lipinski definition) is 2. The van der Waals surface area contributed by atoms with Crippen LogP contribution in [0.4, 0.5) is 0 Å². The van der Waals surface area contributed by atoms with E-state index in [9.17, 15) is 13.2 Å². The summed E-state index contributed by atoms with van der Waals surface area (Å²) in [5, 5.41) is 4.19. The maximum atomic E-state index is 13.1. The monoisotopic (exact) mass is 439 g/mol. The number of benzene rings is 2. The second-order valence-corrected chi connectivity index (χ2v) is 10.1. The molecule has 31 heavy (non-hydrogen) atoms. The van der Waals surface area contributed by atoms with Gasteiger partial charge in [0.1, 0.15) is 6.04 Å². The summed E-state index contributed by atoms with van der Waals surface area (Å²) < 4.78 is 26.6. The van der Waals surface area contributed by atoms with E-state index < -0.39 is 16.1 Å². The van der Waals surface area contributed by atoms with Crippen LogP contribution in [-0.4, -0.2) is 48.5 Å². The highest BCUT2D eigenvalue weighted by Gasteiger charge is 2.38. The maximum Gasteiger partial charge on any atom is 0.238 e. The van der Waals surface area contributed by atoms with Crippen molar-refractivity contribution < 1.29 is 13.2 Å². The van der Waals surface area contributed by atoms with E-state index in [0.29, 0.717) is 32.4 Å². The Kier molecular flexibility index (Phi) is 6.43. The van der Waals surface area contributed by atoms with Gasteiger partial charge in [-0.1, -0.05) is 55.5 Å². The number of carbonyl (C=O) groups excluding carboxylic acids is 1. The zero-order chi connectivity index (χ0) is 21.8. The Morgan fingerprint density at radius 3 is 2.68 bits per heavy atom. The number of hydrogen-bond acceptors (Lipinski definition) is 3. The number of nitrogens with zero attached hydrogens (tertiary/aromatic N) is 1. The molecule has 2 heterocycles. The number of sulfonamides is 1. The summed E-state index contributed by atoms with van der Waals surface area (Å²) in [5.41, 5.74) is 3.27. The molecule has 1 aliphatic heterocycles. The summed E-state index contributed by atoms with van der Waals surface area (Å²) in [4.78, 5) is 16.4. The average molecular weight is 440 g/mol. The Morgan fingerprint density at radius 1 is 1.16 bits per heavy atom. The number of H-pyrrole nitrogens is 1. The van der Waals surface area contributed by atoms with Gasteiger partial charge in [0, 0.05) is 36.1 Å². The van der Waals surface area contributed by atoms with E-state index >= 15 is 0 Å². The standard InChI is InChI=1S/C24H29N3O3S/c1-2-15-31(29,30)27-14-8-13-23(27)24(28)26-16-20(18-9-4-3-5-10-18)21-17-25-22-12-7-6-11-19(21)22/h3-7,9-12,17,20,23,25H,2,8,13-16H2,1H3,(H,26,28)/t20-,23+/m1/s1. The first-order valence-corrected chi connectivity index (χ1v) is 12.5. The van der Waals surface area contributed by atoms with Crippen LogP contribution >= 0.6 is 0 Å². The Bertz CT molecular complexity index is 1140. The van der Waals surface area contributed by atoms with E-state index in [1.807, 2.05) is 49.5 Å². The number of aromatic nitrogens is 1. The Morgan fingerprint density at radius 2 is 1.90 bits per heavy atom. The SMILES string of the molecule is CCCS(=O)(=O)N1CCC[C@H]1C(=O)NC[C@H](c1ccccc1)c1c[nH]c2ccccc12. The van der Waals surface area contributed by atoms with E-state index in [1.54, 1.807) is 0 Å². The molecule has 0 bridgehead atoms. The van der Waals surface area contributed by atoms with Gasteiger partial charge in [0.2, 0.25) is 15.9 Å². The van der Waals surface area contributed by atoms with Crippen molar-refractivity contribution in [2.24, 2.45) is 0 Å². The predicted molar refractivity (Wildman–Crippen MR) is 123 cm³/mol. The quantitative estimate of drug-likeness (QED) is 0.562. The van der Waals surface area contributed by atoms with Gasteiger partial charge in [-0.3, -0.25) is 4.79 Å². The van der Waals surface area contributed by atoms with Crippen LogP contribution in [0.25, 0.3) is 10.9 Å². The van der Waals surface area contributed by atoms with Gasteiger partial charge in [0.05, 0.1) is 5.75 Å². The molecule has 1 fully saturated rings. The van der Waals surface area contributed by atoms with E-state index in [-0.39, 0.29) is 17.6 Å². The van der Waals surface area contributed by atoms with Gasteiger partial charge in [0.25, 0.3) is 0 Å². The molecule has 4 rings (SSSR count). The fourth-order valence-corrected chi connectivity index (χ4v) is 6.25. The Balaban J connectivity index is 1.56. The van der Waals surface area contributed by atoms with Crippen molar-refractivity contribution >= 4 is 26.8 Å². The van der Waals surface area contributed by atoms with E-state index in [1.165, 1.54) is 4.31 Å². The largest absolute Gasteiger partial charge is 0.361 e. The summed E-state index contributed by atoms with van der Waals surface area (Å²) in [6.45, 7) is 2.67. The third kappa shape index (κ3) is 4.52. The minimum atomic E-state index is -3.40. The smallest absolute Gasteiger partial charge is 0.238 e. The summed E-state index contributed by atoms with van der Waals surface area (Å²) >= 11 is 0. The highest BCUT2D eigenvalue weighted by molar-refractivity contribution is 7.89. The van der Waals surface area contributed by atoms with Crippen molar-refractivity contribution in [1.82, 2.24) is 14.6 Å². The van der Waals surface area contributed by atoms with Crippen LogP contribution in [0, 0.1) is 0 Å². The van der Waals surface area contributed by atoms with Crippen LogP contribution in [0.5, 0.6) is 0 Å². The molecule has 1 saturated heterocycles. The number of aromatic amines is 1. The first kappa shape index (κ1) is 21.6. The van der Waals surface area contributed by atoms with Crippen molar-refractivity contribution in [1.29, 1.82) is 0 Å². The molecule has 0 saturated carbocycles. The summed E-state index contributed by atoms with van der Waals surface area (Å²) in [7, 11) is -3.40. The van der Waals surface area contributed by atoms with Gasteiger partial charge in [-0.05, 0) is 36.5 Å². The molecular weight excluding hydrogens is 410 g/mol. The normalized spacial score (nSPS) is 18.3. The minimum absolute atomic E-state index is 0.0385. The van der Waals surface area contributed by atoms with Crippen LogP contribution in [0.3, 0.4) is 0 Å².